The van der Waals surface area contributed by atoms with E-state index in [-0.39, 0.29) is 6.04 Å². The quantitative estimate of drug-likeness (QED) is 0.847. The van der Waals surface area contributed by atoms with E-state index in [4.69, 9.17) is 5.73 Å². The summed E-state index contributed by atoms with van der Waals surface area (Å²) in [5, 5.41) is 0. The van der Waals surface area contributed by atoms with Gasteiger partial charge < -0.3 is 10.5 Å². The Bertz CT molecular complexity index is 429. The van der Waals surface area contributed by atoms with E-state index >= 15 is 0 Å². The molecule has 0 saturated heterocycles. The van der Waals surface area contributed by atoms with Crippen molar-refractivity contribution in [2.24, 2.45) is 11.7 Å². The Morgan fingerprint density at radius 3 is 2.39 bits per heavy atom. The molecule has 0 amide bonds. The van der Waals surface area contributed by atoms with Crippen LogP contribution in [0.5, 0.6) is 5.75 Å². The lowest BCUT2D eigenvalue weighted by Crippen LogP contribution is -2.27. The second-order valence-corrected chi connectivity index (χ2v) is 4.45. The van der Waals surface area contributed by atoms with Crippen LogP contribution in [0.15, 0.2) is 18.2 Å². The molecular weight excluding hydrogens is 250 g/mol. The van der Waals surface area contributed by atoms with Crippen LogP contribution in [-0.4, -0.2) is 6.36 Å². The number of halogens is 4. The first kappa shape index (κ1) is 13.1. The molecule has 0 aromatic heterocycles. The van der Waals surface area contributed by atoms with Crippen LogP contribution in [0.3, 0.4) is 0 Å². The van der Waals surface area contributed by atoms with Gasteiger partial charge in [-0.2, -0.15) is 0 Å². The van der Waals surface area contributed by atoms with Crippen LogP contribution in [-0.2, 0) is 0 Å². The summed E-state index contributed by atoms with van der Waals surface area (Å²) >= 11 is 0. The van der Waals surface area contributed by atoms with E-state index in [1.165, 1.54) is 6.07 Å². The van der Waals surface area contributed by atoms with Crippen molar-refractivity contribution in [3.8, 4) is 5.75 Å². The van der Waals surface area contributed by atoms with Gasteiger partial charge in [0.1, 0.15) is 0 Å². The SMILES string of the molecule is N[C@@H](c1ccc(OC(F)(F)F)c(F)c1)C1CCC1. The molecule has 6 heteroatoms. The lowest BCUT2D eigenvalue weighted by molar-refractivity contribution is -0.275. The zero-order valence-electron chi connectivity index (χ0n) is 9.51. The van der Waals surface area contributed by atoms with Crippen molar-refractivity contribution in [1.29, 1.82) is 0 Å². The van der Waals surface area contributed by atoms with E-state index in [2.05, 4.69) is 4.74 Å². The van der Waals surface area contributed by atoms with E-state index in [0.29, 0.717) is 11.5 Å². The van der Waals surface area contributed by atoms with Gasteiger partial charge in [-0.25, -0.2) is 4.39 Å². The Morgan fingerprint density at radius 1 is 1.28 bits per heavy atom. The monoisotopic (exact) mass is 263 g/mol. The molecule has 1 aliphatic carbocycles. The van der Waals surface area contributed by atoms with E-state index in [9.17, 15) is 17.6 Å². The van der Waals surface area contributed by atoms with E-state index in [1.807, 2.05) is 0 Å². The molecule has 2 rings (SSSR count). The fourth-order valence-electron chi connectivity index (χ4n) is 2.00. The summed E-state index contributed by atoms with van der Waals surface area (Å²) in [6, 6.07) is 3.04. The van der Waals surface area contributed by atoms with Gasteiger partial charge in [-0.15, -0.1) is 13.2 Å². The van der Waals surface area contributed by atoms with Crippen molar-refractivity contribution in [3.63, 3.8) is 0 Å². The Balaban J connectivity index is 2.13. The number of hydrogen-bond acceptors (Lipinski definition) is 2. The van der Waals surface area contributed by atoms with Gasteiger partial charge in [0.2, 0.25) is 0 Å². The van der Waals surface area contributed by atoms with E-state index < -0.39 is 17.9 Å². The topological polar surface area (TPSA) is 35.2 Å². The average Bonchev–Trinajstić information content (AvgIpc) is 2.16. The summed E-state index contributed by atoms with van der Waals surface area (Å²) in [7, 11) is 0. The van der Waals surface area contributed by atoms with Gasteiger partial charge in [0.15, 0.2) is 11.6 Å². The molecule has 0 spiro atoms. The summed E-state index contributed by atoms with van der Waals surface area (Å²) in [4.78, 5) is 0. The van der Waals surface area contributed by atoms with Crippen LogP contribution >= 0.6 is 0 Å². The van der Waals surface area contributed by atoms with Crippen LogP contribution in [0.2, 0.25) is 0 Å². The number of nitrogens with two attached hydrogens (primary N) is 1. The highest BCUT2D eigenvalue weighted by Gasteiger charge is 2.33. The average molecular weight is 263 g/mol. The Labute approximate surface area is 102 Å². The maximum absolute atomic E-state index is 13.4. The molecule has 0 heterocycles. The van der Waals surface area contributed by atoms with Gasteiger partial charge in [0.05, 0.1) is 0 Å². The molecule has 0 aliphatic heterocycles. The molecule has 1 aromatic carbocycles. The van der Waals surface area contributed by atoms with Crippen molar-refractivity contribution in [2.45, 2.75) is 31.7 Å². The zero-order valence-corrected chi connectivity index (χ0v) is 9.51. The summed E-state index contributed by atoms with van der Waals surface area (Å²) in [6.07, 6.45) is -1.85. The van der Waals surface area contributed by atoms with Gasteiger partial charge in [0.25, 0.3) is 0 Å². The van der Waals surface area contributed by atoms with E-state index in [1.54, 1.807) is 0 Å². The summed E-state index contributed by atoms with van der Waals surface area (Å²) in [6.45, 7) is 0. The fraction of sp³-hybridized carbons (Fsp3) is 0.500. The predicted octanol–water partition coefficient (Wildman–Crippen LogP) is 3.52. The smallest absolute Gasteiger partial charge is 0.403 e. The summed E-state index contributed by atoms with van der Waals surface area (Å²) < 4.78 is 52.9. The van der Waals surface area contributed by atoms with Gasteiger partial charge >= 0.3 is 6.36 Å². The second-order valence-electron chi connectivity index (χ2n) is 4.45. The minimum atomic E-state index is -4.89. The van der Waals surface area contributed by atoms with Crippen molar-refractivity contribution in [3.05, 3.63) is 29.6 Å². The number of alkyl halides is 3. The highest BCUT2D eigenvalue weighted by molar-refractivity contribution is 5.31. The molecule has 0 unspecified atom stereocenters. The third kappa shape index (κ3) is 2.93. The largest absolute Gasteiger partial charge is 0.573 e. The Morgan fingerprint density at radius 2 is 1.94 bits per heavy atom. The molecule has 1 fully saturated rings. The minimum absolute atomic E-state index is 0.291. The molecule has 1 atom stereocenters. The molecular formula is C12H13F4NO. The van der Waals surface area contributed by atoms with Crippen LogP contribution in [0.25, 0.3) is 0 Å². The molecule has 2 N–H and O–H groups in total. The van der Waals surface area contributed by atoms with Crippen LogP contribution in [0, 0.1) is 11.7 Å². The highest BCUT2D eigenvalue weighted by atomic mass is 19.4. The maximum atomic E-state index is 13.4. The lowest BCUT2D eigenvalue weighted by Gasteiger charge is -2.31. The normalized spacial score (nSPS) is 18.3. The third-order valence-electron chi connectivity index (χ3n) is 3.22. The second kappa shape index (κ2) is 4.76. The van der Waals surface area contributed by atoms with Gasteiger partial charge in [-0.05, 0) is 36.5 Å². The molecule has 1 aliphatic rings. The summed E-state index contributed by atoms with van der Waals surface area (Å²) in [5.74, 6) is -1.58. The molecule has 0 bridgehead atoms. The van der Waals surface area contributed by atoms with Gasteiger partial charge in [0, 0.05) is 6.04 Å². The van der Waals surface area contributed by atoms with Crippen LogP contribution in [0.4, 0.5) is 17.6 Å². The van der Waals surface area contributed by atoms with E-state index in [0.717, 1.165) is 31.4 Å². The van der Waals surface area contributed by atoms with Crippen LogP contribution < -0.4 is 10.5 Å². The van der Waals surface area contributed by atoms with Crippen molar-refractivity contribution in [2.75, 3.05) is 0 Å². The molecule has 100 valence electrons. The van der Waals surface area contributed by atoms with Crippen molar-refractivity contribution < 1.29 is 22.3 Å². The van der Waals surface area contributed by atoms with Crippen LogP contribution in [0.1, 0.15) is 30.9 Å². The fourth-order valence-corrected chi connectivity index (χ4v) is 2.00. The number of ether oxygens (including phenoxy) is 1. The lowest BCUT2D eigenvalue weighted by atomic mass is 9.77. The molecule has 18 heavy (non-hydrogen) atoms. The Kier molecular flexibility index (Phi) is 3.47. The van der Waals surface area contributed by atoms with Crippen molar-refractivity contribution in [1.82, 2.24) is 0 Å². The highest BCUT2D eigenvalue weighted by Crippen LogP contribution is 2.37. The number of rotatable bonds is 3. The minimum Gasteiger partial charge on any atom is -0.403 e. The van der Waals surface area contributed by atoms with Gasteiger partial charge in [-0.1, -0.05) is 12.5 Å². The standard InChI is InChI=1S/C12H13F4NO/c13-9-6-8(11(17)7-2-1-3-7)4-5-10(9)18-12(14,15)16/h4-7,11H,1-3,17H2/t11-/m1/s1. The first-order chi connectivity index (χ1) is 8.37. The zero-order chi connectivity index (χ0) is 13.3. The third-order valence-corrected chi connectivity index (χ3v) is 3.22. The first-order valence-corrected chi connectivity index (χ1v) is 5.67. The van der Waals surface area contributed by atoms with Crippen molar-refractivity contribution >= 4 is 0 Å². The number of benzene rings is 1. The molecule has 1 saturated carbocycles. The Hall–Kier alpha value is -1.30. The molecule has 2 nitrogen and oxygen atoms in total. The molecule has 0 radical (unpaired) electrons. The van der Waals surface area contributed by atoms with Gasteiger partial charge in [-0.3, -0.25) is 0 Å². The molecule has 1 aromatic rings. The maximum Gasteiger partial charge on any atom is 0.573 e. The predicted molar refractivity (Wildman–Crippen MR) is 57.4 cm³/mol. The number of hydrogen-bond donors (Lipinski definition) is 1. The first-order valence-electron chi connectivity index (χ1n) is 5.67. The summed E-state index contributed by atoms with van der Waals surface area (Å²) in [5.41, 5.74) is 6.42.